The number of nitrogens with one attached hydrogen (secondary N) is 1. The van der Waals surface area contributed by atoms with Crippen LogP contribution in [-0.2, 0) is 11.2 Å². The third kappa shape index (κ3) is 0.880. The predicted molar refractivity (Wildman–Crippen MR) is 49.7 cm³/mol. The van der Waals surface area contributed by atoms with Gasteiger partial charge in [0.05, 0.1) is 12.3 Å². The fourth-order valence-electron chi connectivity index (χ4n) is 1.99. The number of nitrogens with zero attached hydrogens (tertiary/aromatic N) is 1. The molecule has 0 radical (unpaired) electrons. The van der Waals surface area contributed by atoms with E-state index in [-0.39, 0.29) is 5.97 Å². The van der Waals surface area contributed by atoms with E-state index in [4.69, 9.17) is 4.74 Å². The van der Waals surface area contributed by atoms with Crippen LogP contribution in [-0.4, -0.2) is 22.8 Å². The number of esters is 1. The zero-order chi connectivity index (χ0) is 9.71. The maximum atomic E-state index is 11.5. The second-order valence-corrected chi connectivity index (χ2v) is 3.58. The Balaban J connectivity index is 1.97. The van der Waals surface area contributed by atoms with Gasteiger partial charge in [0.2, 0.25) is 0 Å². The van der Waals surface area contributed by atoms with Crippen molar-refractivity contribution in [1.82, 2.24) is 10.2 Å². The van der Waals surface area contributed by atoms with Crippen LogP contribution in [0.25, 0.3) is 5.57 Å². The monoisotopic (exact) mass is 190 g/mol. The summed E-state index contributed by atoms with van der Waals surface area (Å²) in [4.78, 5) is 11.5. The lowest BCUT2D eigenvalue weighted by atomic mass is 10.1. The minimum absolute atomic E-state index is 0.289. The number of H-pyrrole nitrogens is 1. The fraction of sp³-hybridized carbons (Fsp3) is 0.400. The van der Waals surface area contributed by atoms with Crippen molar-refractivity contribution < 1.29 is 9.53 Å². The van der Waals surface area contributed by atoms with Gasteiger partial charge in [0.25, 0.3) is 0 Å². The highest BCUT2D eigenvalue weighted by Crippen LogP contribution is 2.48. The molecule has 0 aromatic carbocycles. The van der Waals surface area contributed by atoms with E-state index >= 15 is 0 Å². The number of aromatic nitrogens is 2. The number of allylic oxidation sites excluding steroid dienone is 2. The zero-order valence-corrected chi connectivity index (χ0v) is 7.83. The number of hydrogen-bond acceptors (Lipinski definition) is 3. The minimum atomic E-state index is -0.289. The van der Waals surface area contributed by atoms with Gasteiger partial charge in [-0.1, -0.05) is 6.08 Å². The number of ether oxygens (including phenoxy) is 1. The van der Waals surface area contributed by atoms with E-state index in [0.717, 1.165) is 17.7 Å². The highest BCUT2D eigenvalue weighted by molar-refractivity contribution is 5.94. The first kappa shape index (κ1) is 7.79. The van der Waals surface area contributed by atoms with Crippen molar-refractivity contribution in [2.24, 2.45) is 5.92 Å². The lowest BCUT2D eigenvalue weighted by molar-refractivity contribution is 0.0518. The van der Waals surface area contributed by atoms with E-state index in [1.54, 1.807) is 6.92 Å². The number of hydrogen-bond donors (Lipinski definition) is 1. The van der Waals surface area contributed by atoms with E-state index < -0.39 is 0 Å². The summed E-state index contributed by atoms with van der Waals surface area (Å²) in [5, 5.41) is 6.88. The Morgan fingerprint density at radius 1 is 1.79 bits per heavy atom. The van der Waals surface area contributed by atoms with Crippen LogP contribution in [0.1, 0.15) is 28.7 Å². The average Bonchev–Trinajstić information content (AvgIpc) is 2.67. The summed E-state index contributed by atoms with van der Waals surface area (Å²) >= 11 is 0. The molecule has 0 saturated heterocycles. The molecule has 0 saturated carbocycles. The van der Waals surface area contributed by atoms with Crippen LogP contribution in [0, 0.1) is 5.92 Å². The van der Waals surface area contributed by atoms with Crippen molar-refractivity contribution >= 4 is 11.5 Å². The molecule has 0 amide bonds. The molecule has 72 valence electrons. The first-order chi connectivity index (χ1) is 6.81. The molecule has 1 N–H and O–H groups in total. The Morgan fingerprint density at radius 2 is 2.64 bits per heavy atom. The predicted octanol–water partition coefficient (Wildman–Crippen LogP) is 1.16. The molecule has 1 heterocycles. The zero-order valence-electron chi connectivity index (χ0n) is 7.83. The summed E-state index contributed by atoms with van der Waals surface area (Å²) in [5.41, 5.74) is 3.82. The van der Waals surface area contributed by atoms with Crippen LogP contribution in [0.15, 0.2) is 6.08 Å². The third-order valence-corrected chi connectivity index (χ3v) is 2.72. The molecule has 4 nitrogen and oxygen atoms in total. The molecule has 4 heteroatoms. The Morgan fingerprint density at radius 3 is 3.43 bits per heavy atom. The lowest BCUT2D eigenvalue weighted by Crippen LogP contribution is -2.07. The molecule has 2 aliphatic carbocycles. The molecule has 1 aromatic rings. The number of carbonyl (C=O) groups is 1. The molecule has 1 aromatic heterocycles. The third-order valence-electron chi connectivity index (χ3n) is 2.72. The largest absolute Gasteiger partial charge is 0.461 e. The molecule has 0 fully saturated rings. The van der Waals surface area contributed by atoms with Crippen molar-refractivity contribution in [2.45, 2.75) is 13.3 Å². The van der Waals surface area contributed by atoms with Crippen LogP contribution in [0.5, 0.6) is 0 Å². The second kappa shape index (κ2) is 2.47. The Kier molecular flexibility index (Phi) is 1.37. The van der Waals surface area contributed by atoms with Crippen molar-refractivity contribution in [3.8, 4) is 0 Å². The van der Waals surface area contributed by atoms with E-state index in [1.807, 2.05) is 0 Å². The molecule has 14 heavy (non-hydrogen) atoms. The van der Waals surface area contributed by atoms with Crippen LogP contribution in [0.2, 0.25) is 0 Å². The molecule has 0 bridgehead atoms. The van der Waals surface area contributed by atoms with Gasteiger partial charge in [-0.25, -0.2) is 4.79 Å². The van der Waals surface area contributed by atoms with E-state index in [2.05, 4.69) is 16.3 Å². The van der Waals surface area contributed by atoms with Crippen molar-refractivity contribution in [2.75, 3.05) is 6.61 Å². The number of rotatable bonds is 2. The maximum absolute atomic E-state index is 11.5. The van der Waals surface area contributed by atoms with Crippen LogP contribution < -0.4 is 0 Å². The normalized spacial score (nSPS) is 21.2. The molecule has 2 aliphatic rings. The van der Waals surface area contributed by atoms with Gasteiger partial charge in [-0.2, -0.15) is 5.10 Å². The van der Waals surface area contributed by atoms with Gasteiger partial charge in [0.1, 0.15) is 5.69 Å². The van der Waals surface area contributed by atoms with E-state index in [9.17, 15) is 4.79 Å². The van der Waals surface area contributed by atoms with Gasteiger partial charge in [-0.15, -0.1) is 0 Å². The molecule has 3 rings (SSSR count). The first-order valence-corrected chi connectivity index (χ1v) is 4.77. The Labute approximate surface area is 81.0 Å². The fourth-order valence-corrected chi connectivity index (χ4v) is 1.99. The van der Waals surface area contributed by atoms with E-state index in [1.165, 1.54) is 5.57 Å². The Hall–Kier alpha value is -1.58. The van der Waals surface area contributed by atoms with Crippen LogP contribution in [0.4, 0.5) is 0 Å². The summed E-state index contributed by atoms with van der Waals surface area (Å²) in [6, 6.07) is 0. The van der Waals surface area contributed by atoms with Gasteiger partial charge in [0.15, 0.2) is 0 Å². The standard InChI is InChI=1S/C10H10N2O2/c1-2-14-10(13)9-7-4-5-3-6(5)8(7)11-12-9/h3,5H,2,4H2,1H3,(H,11,12). The summed E-state index contributed by atoms with van der Waals surface area (Å²) in [6.45, 7) is 2.20. The molecule has 1 atom stereocenters. The van der Waals surface area contributed by atoms with Gasteiger partial charge in [-0.3, -0.25) is 5.10 Å². The highest BCUT2D eigenvalue weighted by Gasteiger charge is 2.40. The molecule has 0 spiro atoms. The van der Waals surface area contributed by atoms with Crippen molar-refractivity contribution in [3.05, 3.63) is 23.0 Å². The van der Waals surface area contributed by atoms with Gasteiger partial charge in [-0.05, 0) is 18.9 Å². The second-order valence-electron chi connectivity index (χ2n) is 3.58. The number of carbonyl (C=O) groups excluding carboxylic acids is 1. The molecular formula is C10H10N2O2. The smallest absolute Gasteiger partial charge is 0.356 e. The minimum Gasteiger partial charge on any atom is -0.461 e. The highest BCUT2D eigenvalue weighted by atomic mass is 16.5. The summed E-state index contributed by atoms with van der Waals surface area (Å²) in [7, 11) is 0. The molecular weight excluding hydrogens is 180 g/mol. The summed E-state index contributed by atoms with van der Waals surface area (Å²) < 4.78 is 4.93. The van der Waals surface area contributed by atoms with Gasteiger partial charge in [0, 0.05) is 11.5 Å². The van der Waals surface area contributed by atoms with Crippen molar-refractivity contribution in [1.29, 1.82) is 0 Å². The lowest BCUT2D eigenvalue weighted by Gasteiger charge is -2.00. The average molecular weight is 190 g/mol. The van der Waals surface area contributed by atoms with Crippen LogP contribution in [0.3, 0.4) is 0 Å². The number of fused-ring (bicyclic) bond motifs is 3. The Bertz CT molecular complexity index is 445. The topological polar surface area (TPSA) is 55.0 Å². The van der Waals surface area contributed by atoms with Crippen molar-refractivity contribution in [3.63, 3.8) is 0 Å². The SMILES string of the molecule is CCOC(=O)c1[nH]nc2c1CC1C=C21. The summed E-state index contributed by atoms with van der Waals surface area (Å²) in [5.74, 6) is 0.262. The molecule has 0 aliphatic heterocycles. The van der Waals surface area contributed by atoms with Gasteiger partial charge >= 0.3 is 5.97 Å². The van der Waals surface area contributed by atoms with Crippen LogP contribution >= 0.6 is 0 Å². The maximum Gasteiger partial charge on any atom is 0.356 e. The first-order valence-electron chi connectivity index (χ1n) is 4.77. The van der Waals surface area contributed by atoms with Gasteiger partial charge < -0.3 is 4.74 Å². The quantitative estimate of drug-likeness (QED) is 0.712. The van der Waals surface area contributed by atoms with E-state index in [0.29, 0.717) is 18.2 Å². The molecule has 1 unspecified atom stereocenters. The summed E-state index contributed by atoms with van der Waals surface area (Å²) in [6.07, 6.45) is 3.09. The number of aromatic amines is 1.